The molecule has 0 radical (unpaired) electrons. The number of hydrogen-bond acceptors (Lipinski definition) is 6. The zero-order valence-electron chi connectivity index (χ0n) is 24.2. The van der Waals surface area contributed by atoms with Gasteiger partial charge in [0.1, 0.15) is 5.82 Å². The molecule has 7 unspecified atom stereocenters. The van der Waals surface area contributed by atoms with E-state index in [2.05, 4.69) is 15.6 Å². The molecule has 3 aliphatic rings. The molecular formula is C30H38ClF4N5O3S. The number of piperazine rings is 1. The van der Waals surface area contributed by atoms with Crippen molar-refractivity contribution in [2.75, 3.05) is 18.8 Å². The lowest BCUT2D eigenvalue weighted by Gasteiger charge is -2.39. The van der Waals surface area contributed by atoms with Crippen molar-refractivity contribution < 1.29 is 30.8 Å². The Labute approximate surface area is 260 Å². The lowest BCUT2D eigenvalue weighted by molar-refractivity contribution is -0.137. The number of aromatic nitrogens is 1. The molecule has 1 saturated carbocycles. The summed E-state index contributed by atoms with van der Waals surface area (Å²) in [4.78, 5) is 17.4. The summed E-state index contributed by atoms with van der Waals surface area (Å²) >= 11 is 5.85. The number of halogens is 5. The fraction of sp³-hybridized carbons (Fsp3) is 0.600. The highest BCUT2D eigenvalue weighted by molar-refractivity contribution is 7.89. The topological polar surface area (TPSA) is 117 Å². The van der Waals surface area contributed by atoms with E-state index < -0.39 is 45.4 Å². The van der Waals surface area contributed by atoms with Gasteiger partial charge in [-0.05, 0) is 73.8 Å². The van der Waals surface area contributed by atoms with E-state index in [1.165, 1.54) is 18.3 Å². The predicted octanol–water partition coefficient (Wildman–Crippen LogP) is 4.57. The normalized spacial score (nSPS) is 28.5. The second kappa shape index (κ2) is 13.6. The maximum absolute atomic E-state index is 14.5. The molecule has 5 rings (SSSR count). The first-order valence-corrected chi connectivity index (χ1v) is 17.1. The lowest BCUT2D eigenvalue weighted by atomic mass is 9.80. The molecule has 14 heteroatoms. The van der Waals surface area contributed by atoms with Gasteiger partial charge in [0.15, 0.2) is 0 Å². The molecule has 2 aromatic rings. The van der Waals surface area contributed by atoms with Crippen molar-refractivity contribution in [2.45, 2.75) is 87.6 Å². The molecule has 3 heterocycles. The van der Waals surface area contributed by atoms with Crippen LogP contribution in [0.25, 0.3) is 0 Å². The van der Waals surface area contributed by atoms with E-state index in [0.717, 1.165) is 37.8 Å². The number of nitrogens with zero attached hydrogens (tertiary/aromatic N) is 2. The van der Waals surface area contributed by atoms with Crippen LogP contribution >= 0.6 is 11.6 Å². The Morgan fingerprint density at radius 2 is 1.89 bits per heavy atom. The van der Waals surface area contributed by atoms with Crippen LogP contribution in [0.3, 0.4) is 0 Å². The minimum Gasteiger partial charge on any atom is -0.352 e. The first-order valence-electron chi connectivity index (χ1n) is 15.1. The number of fused-ring (bicyclic) bond motifs is 2. The molecule has 2 aliphatic heterocycles. The maximum atomic E-state index is 14.5. The summed E-state index contributed by atoms with van der Waals surface area (Å²) < 4.78 is 82.5. The van der Waals surface area contributed by atoms with Crippen molar-refractivity contribution in [3.8, 4) is 0 Å². The van der Waals surface area contributed by atoms with E-state index in [9.17, 15) is 30.8 Å². The van der Waals surface area contributed by atoms with Gasteiger partial charge in [0.2, 0.25) is 15.9 Å². The molecule has 1 aliphatic carbocycles. The average molecular weight is 660 g/mol. The Morgan fingerprint density at radius 3 is 2.64 bits per heavy atom. The minimum absolute atomic E-state index is 0.0196. The first-order chi connectivity index (χ1) is 20.8. The Morgan fingerprint density at radius 1 is 1.11 bits per heavy atom. The fourth-order valence-electron chi connectivity index (χ4n) is 6.92. The quantitative estimate of drug-likeness (QED) is 0.358. The largest absolute Gasteiger partial charge is 0.417 e. The Hall–Kier alpha value is -2.32. The Kier molecular flexibility index (Phi) is 10.2. The summed E-state index contributed by atoms with van der Waals surface area (Å²) in [5.74, 6) is -2.26. The number of amides is 1. The number of pyridine rings is 1. The third kappa shape index (κ3) is 7.55. The molecule has 1 amide bonds. The van der Waals surface area contributed by atoms with E-state index in [-0.39, 0.29) is 45.9 Å². The minimum atomic E-state index is -4.68. The van der Waals surface area contributed by atoms with Gasteiger partial charge in [0.25, 0.3) is 0 Å². The van der Waals surface area contributed by atoms with Crippen molar-refractivity contribution in [1.29, 1.82) is 0 Å². The third-order valence-electron chi connectivity index (χ3n) is 9.28. The van der Waals surface area contributed by atoms with E-state index >= 15 is 0 Å². The van der Waals surface area contributed by atoms with Gasteiger partial charge in [0.05, 0.1) is 22.4 Å². The van der Waals surface area contributed by atoms with Crippen LogP contribution in [0.5, 0.6) is 0 Å². The van der Waals surface area contributed by atoms with E-state index in [0.29, 0.717) is 45.0 Å². The van der Waals surface area contributed by atoms with Gasteiger partial charge in [-0.3, -0.25) is 9.78 Å². The van der Waals surface area contributed by atoms with Crippen LogP contribution in [-0.2, 0) is 21.0 Å². The number of hydrogen-bond donors (Lipinski definition) is 3. The third-order valence-corrected chi connectivity index (χ3v) is 11.6. The maximum Gasteiger partial charge on any atom is 0.417 e. The van der Waals surface area contributed by atoms with Crippen molar-refractivity contribution in [3.05, 3.63) is 64.2 Å². The van der Waals surface area contributed by atoms with Gasteiger partial charge < -0.3 is 16.4 Å². The number of rotatable bonds is 8. The predicted molar refractivity (Wildman–Crippen MR) is 159 cm³/mol. The van der Waals surface area contributed by atoms with Crippen molar-refractivity contribution in [3.63, 3.8) is 0 Å². The molecule has 8 nitrogen and oxygen atoms in total. The SMILES string of the molecule is NC(C(=O)NC1CCCCC1CCC1CNC2CCCS(=O)(=O)N1C2)C(c1cncc(C(F)(F)F)c1)c1ccc(Cl)c(F)c1. The van der Waals surface area contributed by atoms with Gasteiger partial charge in [-0.15, -0.1) is 0 Å². The second-order valence-corrected chi connectivity index (χ2v) is 14.7. The molecule has 0 spiro atoms. The standard InChI is InChI=1S/C30H38ClF4N5O3S/c31-24-10-8-19(13-25(24)32)27(20-12-21(15-37-14-20)30(33,34)35)28(36)29(41)39-26-6-2-1-4-18(26)7-9-23-16-38-22-5-3-11-44(42,43)40(23)17-22/h8,10,12-15,18,22-23,26-28,38H,1-7,9,11,16-17,36H2,(H,39,41). The number of sulfonamides is 1. The number of benzene rings is 1. The van der Waals surface area contributed by atoms with Crippen molar-refractivity contribution in [1.82, 2.24) is 19.9 Å². The van der Waals surface area contributed by atoms with Gasteiger partial charge in [0, 0.05) is 49.5 Å². The number of nitrogens with one attached hydrogen (secondary N) is 2. The lowest BCUT2D eigenvalue weighted by Crippen LogP contribution is -2.57. The van der Waals surface area contributed by atoms with E-state index in [4.69, 9.17) is 17.3 Å². The van der Waals surface area contributed by atoms with Gasteiger partial charge >= 0.3 is 6.18 Å². The summed E-state index contributed by atoms with van der Waals surface area (Å²) in [6.45, 7) is 1.06. The zero-order valence-corrected chi connectivity index (χ0v) is 25.8. The Bertz CT molecular complexity index is 1450. The van der Waals surface area contributed by atoms with Crippen LogP contribution in [0, 0.1) is 11.7 Å². The van der Waals surface area contributed by atoms with Gasteiger partial charge in [-0.25, -0.2) is 12.8 Å². The highest BCUT2D eigenvalue weighted by Gasteiger charge is 2.39. The fourth-order valence-corrected chi connectivity index (χ4v) is 8.85. The number of alkyl halides is 3. The summed E-state index contributed by atoms with van der Waals surface area (Å²) in [7, 11) is -3.32. The van der Waals surface area contributed by atoms with Crippen LogP contribution in [0.2, 0.25) is 5.02 Å². The molecular weight excluding hydrogens is 622 g/mol. The molecule has 44 heavy (non-hydrogen) atoms. The van der Waals surface area contributed by atoms with Crippen LogP contribution in [-0.4, -0.2) is 66.6 Å². The molecule has 242 valence electrons. The van der Waals surface area contributed by atoms with Crippen molar-refractivity contribution in [2.24, 2.45) is 11.7 Å². The average Bonchev–Trinajstić information content (AvgIpc) is 3.10. The highest BCUT2D eigenvalue weighted by atomic mass is 35.5. The van der Waals surface area contributed by atoms with Gasteiger partial charge in [-0.1, -0.05) is 30.5 Å². The molecule has 1 aromatic heterocycles. The van der Waals surface area contributed by atoms with Crippen LogP contribution < -0.4 is 16.4 Å². The van der Waals surface area contributed by atoms with Gasteiger partial charge in [-0.2, -0.15) is 17.5 Å². The molecule has 7 atom stereocenters. The van der Waals surface area contributed by atoms with Crippen LogP contribution in [0.1, 0.15) is 74.0 Å². The molecule has 1 aromatic carbocycles. The number of carbonyl (C=O) groups is 1. The van der Waals surface area contributed by atoms with E-state index in [1.54, 1.807) is 4.31 Å². The van der Waals surface area contributed by atoms with Crippen molar-refractivity contribution >= 4 is 27.5 Å². The number of nitrogens with two attached hydrogens (primary N) is 1. The highest BCUT2D eigenvalue weighted by Crippen LogP contribution is 2.35. The zero-order chi connectivity index (χ0) is 31.6. The van der Waals surface area contributed by atoms with Crippen LogP contribution in [0.15, 0.2) is 36.7 Å². The smallest absolute Gasteiger partial charge is 0.352 e. The summed E-state index contributed by atoms with van der Waals surface area (Å²) in [6, 6.07) is 3.07. The van der Waals surface area contributed by atoms with Crippen LogP contribution in [0.4, 0.5) is 17.6 Å². The molecule has 4 N–H and O–H groups in total. The summed E-state index contributed by atoms with van der Waals surface area (Å²) in [6.07, 6.45) is 3.41. The first kappa shape index (κ1) is 33.1. The molecule has 3 fully saturated rings. The monoisotopic (exact) mass is 659 g/mol. The second-order valence-electron chi connectivity index (χ2n) is 12.2. The molecule has 2 bridgehead atoms. The number of carbonyl (C=O) groups excluding carboxylic acids is 1. The van der Waals surface area contributed by atoms with E-state index in [1.807, 2.05) is 0 Å². The summed E-state index contributed by atoms with van der Waals surface area (Å²) in [5.41, 5.74) is 5.67. The Balaban J connectivity index is 1.33. The summed E-state index contributed by atoms with van der Waals surface area (Å²) in [5, 5.41) is 6.36. The molecule has 2 saturated heterocycles.